The summed E-state index contributed by atoms with van der Waals surface area (Å²) in [6, 6.07) is 10.5. The van der Waals surface area contributed by atoms with Crippen LogP contribution in [-0.2, 0) is 6.42 Å². The van der Waals surface area contributed by atoms with Crippen molar-refractivity contribution >= 4 is 10.8 Å². The fourth-order valence-corrected chi connectivity index (χ4v) is 2.72. The lowest BCUT2D eigenvalue weighted by Gasteiger charge is -2.22. The monoisotopic (exact) mass is 250 g/mol. The first-order chi connectivity index (χ1) is 9.42. The fraction of sp³-hybridized carbons (Fsp3) is 0.200. The molecule has 1 aromatic carbocycles. The third kappa shape index (κ3) is 1.72. The van der Waals surface area contributed by atoms with Crippen molar-refractivity contribution in [3.8, 4) is 0 Å². The van der Waals surface area contributed by atoms with E-state index in [1.807, 2.05) is 12.3 Å². The van der Waals surface area contributed by atoms with Gasteiger partial charge in [0, 0.05) is 30.2 Å². The van der Waals surface area contributed by atoms with E-state index in [1.54, 1.807) is 6.33 Å². The van der Waals surface area contributed by atoms with E-state index in [2.05, 4.69) is 44.5 Å². The van der Waals surface area contributed by atoms with Crippen molar-refractivity contribution < 1.29 is 0 Å². The molecule has 1 aliphatic rings. The number of fused-ring (bicyclic) bond motifs is 2. The molecule has 4 heteroatoms. The molecular weight excluding hydrogens is 236 g/mol. The van der Waals surface area contributed by atoms with Gasteiger partial charge in [-0.05, 0) is 11.5 Å². The number of rotatable bonds is 1. The van der Waals surface area contributed by atoms with E-state index in [0.29, 0.717) is 0 Å². The maximum Gasteiger partial charge on any atom is 0.0943 e. The summed E-state index contributed by atoms with van der Waals surface area (Å²) in [5, 5.41) is 5.89. The van der Waals surface area contributed by atoms with Crippen LogP contribution in [0.4, 0.5) is 0 Å². The molecule has 3 heterocycles. The third-order valence-electron chi connectivity index (χ3n) is 3.70. The number of pyridine rings is 1. The molecule has 0 saturated carbocycles. The van der Waals surface area contributed by atoms with E-state index in [-0.39, 0.29) is 6.04 Å². The van der Waals surface area contributed by atoms with Crippen molar-refractivity contribution in [1.82, 2.24) is 20.3 Å². The van der Waals surface area contributed by atoms with Gasteiger partial charge in [-0.25, -0.2) is 4.98 Å². The van der Waals surface area contributed by atoms with Gasteiger partial charge in [-0.15, -0.1) is 0 Å². The van der Waals surface area contributed by atoms with Crippen LogP contribution in [0.25, 0.3) is 10.8 Å². The van der Waals surface area contributed by atoms with Crippen LogP contribution >= 0.6 is 0 Å². The van der Waals surface area contributed by atoms with Gasteiger partial charge in [0.25, 0.3) is 0 Å². The Morgan fingerprint density at radius 3 is 2.95 bits per heavy atom. The molecule has 19 heavy (non-hydrogen) atoms. The third-order valence-corrected chi connectivity index (χ3v) is 3.70. The zero-order chi connectivity index (χ0) is 12.7. The summed E-state index contributed by atoms with van der Waals surface area (Å²) in [6.45, 7) is 0.953. The van der Waals surface area contributed by atoms with Crippen molar-refractivity contribution in [2.45, 2.75) is 12.5 Å². The van der Waals surface area contributed by atoms with E-state index in [4.69, 9.17) is 0 Å². The Bertz CT molecular complexity index is 732. The minimum absolute atomic E-state index is 0.0969. The standard InChI is InChI=1S/C15H14N4/c1-2-4-11-8-17-13(7-10(11)3-1)15-14-12(5-6-16-15)18-9-19-14/h1-4,7-9,15-16H,5-6H2,(H,18,19)/t15-/m0/s1. The Morgan fingerprint density at radius 1 is 1.11 bits per heavy atom. The number of aromatic nitrogens is 3. The summed E-state index contributed by atoms with van der Waals surface area (Å²) in [5.41, 5.74) is 3.33. The molecule has 1 atom stereocenters. The normalized spacial score (nSPS) is 18.4. The van der Waals surface area contributed by atoms with Crippen molar-refractivity contribution in [3.63, 3.8) is 0 Å². The van der Waals surface area contributed by atoms with Gasteiger partial charge in [-0.2, -0.15) is 0 Å². The maximum atomic E-state index is 4.59. The van der Waals surface area contributed by atoms with Crippen LogP contribution in [0.5, 0.6) is 0 Å². The minimum atomic E-state index is 0.0969. The van der Waals surface area contributed by atoms with Gasteiger partial charge in [0.2, 0.25) is 0 Å². The number of nitrogens with zero attached hydrogens (tertiary/aromatic N) is 2. The highest BCUT2D eigenvalue weighted by Gasteiger charge is 2.24. The molecule has 0 unspecified atom stereocenters. The smallest absolute Gasteiger partial charge is 0.0943 e. The molecule has 0 fully saturated rings. The van der Waals surface area contributed by atoms with Gasteiger partial charge in [0.05, 0.1) is 23.8 Å². The number of aromatic amines is 1. The Kier molecular flexibility index (Phi) is 2.35. The lowest BCUT2D eigenvalue weighted by Crippen LogP contribution is -2.31. The molecule has 0 saturated heterocycles. The van der Waals surface area contributed by atoms with E-state index in [9.17, 15) is 0 Å². The molecule has 0 spiro atoms. The van der Waals surface area contributed by atoms with E-state index in [0.717, 1.165) is 24.4 Å². The topological polar surface area (TPSA) is 53.6 Å². The SMILES string of the molecule is c1ccc2cc([C@@H]3NCCc4[nH]cnc43)ncc2c1. The van der Waals surface area contributed by atoms with Crippen molar-refractivity contribution in [2.75, 3.05) is 6.54 Å². The summed E-state index contributed by atoms with van der Waals surface area (Å²) >= 11 is 0. The van der Waals surface area contributed by atoms with E-state index in [1.165, 1.54) is 16.5 Å². The maximum absolute atomic E-state index is 4.59. The highest BCUT2D eigenvalue weighted by atomic mass is 15.0. The molecule has 2 N–H and O–H groups in total. The quantitative estimate of drug-likeness (QED) is 0.696. The molecule has 3 aromatic rings. The molecule has 0 amide bonds. The Hall–Kier alpha value is -2.20. The van der Waals surface area contributed by atoms with Crippen molar-refractivity contribution in [3.05, 3.63) is 59.9 Å². The van der Waals surface area contributed by atoms with Crippen LogP contribution < -0.4 is 5.32 Å². The summed E-state index contributed by atoms with van der Waals surface area (Å²) in [7, 11) is 0. The first-order valence-electron chi connectivity index (χ1n) is 6.52. The van der Waals surface area contributed by atoms with Gasteiger partial charge in [-0.3, -0.25) is 4.98 Å². The second-order valence-corrected chi connectivity index (χ2v) is 4.86. The van der Waals surface area contributed by atoms with Gasteiger partial charge < -0.3 is 10.3 Å². The molecule has 0 bridgehead atoms. The number of hydrogen-bond acceptors (Lipinski definition) is 3. The molecular formula is C15H14N4. The average molecular weight is 250 g/mol. The lowest BCUT2D eigenvalue weighted by molar-refractivity contribution is 0.543. The molecule has 2 aromatic heterocycles. The van der Waals surface area contributed by atoms with Crippen LogP contribution in [0.2, 0.25) is 0 Å². The first-order valence-corrected chi connectivity index (χ1v) is 6.52. The average Bonchev–Trinajstić information content (AvgIpc) is 2.95. The van der Waals surface area contributed by atoms with Crippen molar-refractivity contribution in [2.24, 2.45) is 0 Å². The molecule has 0 aliphatic carbocycles. The van der Waals surface area contributed by atoms with Crippen LogP contribution in [0.1, 0.15) is 23.1 Å². The Balaban J connectivity index is 1.83. The zero-order valence-electron chi connectivity index (χ0n) is 10.4. The largest absolute Gasteiger partial charge is 0.348 e. The van der Waals surface area contributed by atoms with Gasteiger partial charge in [0.1, 0.15) is 0 Å². The summed E-state index contributed by atoms with van der Waals surface area (Å²) < 4.78 is 0. The number of hydrogen-bond donors (Lipinski definition) is 2. The van der Waals surface area contributed by atoms with Crippen LogP contribution in [0, 0.1) is 0 Å². The molecule has 4 nitrogen and oxygen atoms in total. The van der Waals surface area contributed by atoms with E-state index < -0.39 is 0 Å². The number of H-pyrrole nitrogens is 1. The van der Waals surface area contributed by atoms with Crippen LogP contribution in [0.15, 0.2) is 42.9 Å². The molecule has 4 rings (SSSR count). The highest BCUT2D eigenvalue weighted by Crippen LogP contribution is 2.26. The number of imidazole rings is 1. The Labute approximate surface area is 110 Å². The summed E-state index contributed by atoms with van der Waals surface area (Å²) in [6.07, 6.45) is 4.71. The fourth-order valence-electron chi connectivity index (χ4n) is 2.72. The van der Waals surface area contributed by atoms with Crippen LogP contribution in [-0.4, -0.2) is 21.5 Å². The van der Waals surface area contributed by atoms with E-state index >= 15 is 0 Å². The Morgan fingerprint density at radius 2 is 2.00 bits per heavy atom. The van der Waals surface area contributed by atoms with Crippen LogP contribution in [0.3, 0.4) is 0 Å². The first kappa shape index (κ1) is 10.7. The predicted octanol–water partition coefficient (Wildman–Crippen LogP) is 2.19. The predicted molar refractivity (Wildman–Crippen MR) is 73.9 cm³/mol. The molecule has 94 valence electrons. The lowest BCUT2D eigenvalue weighted by atomic mass is 10.0. The number of nitrogens with one attached hydrogen (secondary N) is 2. The second kappa shape index (κ2) is 4.17. The number of benzene rings is 1. The van der Waals surface area contributed by atoms with Gasteiger partial charge >= 0.3 is 0 Å². The zero-order valence-corrected chi connectivity index (χ0v) is 10.4. The summed E-state index contributed by atoms with van der Waals surface area (Å²) in [4.78, 5) is 12.2. The van der Waals surface area contributed by atoms with Crippen molar-refractivity contribution in [1.29, 1.82) is 0 Å². The highest BCUT2D eigenvalue weighted by molar-refractivity contribution is 5.81. The molecule has 1 aliphatic heterocycles. The van der Waals surface area contributed by atoms with Gasteiger partial charge in [0.15, 0.2) is 0 Å². The van der Waals surface area contributed by atoms with Gasteiger partial charge in [-0.1, -0.05) is 24.3 Å². The second-order valence-electron chi connectivity index (χ2n) is 4.86. The molecule has 0 radical (unpaired) electrons. The summed E-state index contributed by atoms with van der Waals surface area (Å²) in [5.74, 6) is 0. The minimum Gasteiger partial charge on any atom is -0.348 e.